The summed E-state index contributed by atoms with van der Waals surface area (Å²) in [6.45, 7) is 0. The zero-order chi connectivity index (χ0) is 10.0. The Morgan fingerprint density at radius 3 is 2.54 bits per heavy atom. The summed E-state index contributed by atoms with van der Waals surface area (Å²) < 4.78 is 24.2. The summed E-state index contributed by atoms with van der Waals surface area (Å²) in [5.74, 6) is -0.803. The molecule has 1 amide bonds. The summed E-state index contributed by atoms with van der Waals surface area (Å²) >= 11 is 5.37. The molecular formula is C7H5ClF2N2O. The van der Waals surface area contributed by atoms with Crippen LogP contribution in [0.1, 0.15) is 22.5 Å². The average Bonchev–Trinajstić information content (AvgIpc) is 2.03. The highest BCUT2D eigenvalue weighted by Gasteiger charge is 2.14. The van der Waals surface area contributed by atoms with Crippen molar-refractivity contribution in [1.82, 2.24) is 4.98 Å². The number of primary amides is 1. The fraction of sp³-hybridized carbons (Fsp3) is 0.143. The monoisotopic (exact) mass is 206 g/mol. The molecule has 0 aliphatic heterocycles. The summed E-state index contributed by atoms with van der Waals surface area (Å²) in [6.07, 6.45) is -2.71. The lowest BCUT2D eigenvalue weighted by atomic mass is 10.2. The van der Waals surface area contributed by atoms with Crippen LogP contribution in [0.15, 0.2) is 12.1 Å². The van der Waals surface area contributed by atoms with Crippen LogP contribution >= 0.6 is 11.6 Å². The van der Waals surface area contributed by atoms with E-state index >= 15 is 0 Å². The number of pyridine rings is 1. The van der Waals surface area contributed by atoms with Crippen LogP contribution in [0.25, 0.3) is 0 Å². The number of halogens is 3. The number of hydrogen-bond donors (Lipinski definition) is 1. The predicted molar refractivity (Wildman–Crippen MR) is 42.7 cm³/mol. The first-order valence-electron chi connectivity index (χ1n) is 3.26. The molecule has 0 fully saturated rings. The van der Waals surface area contributed by atoms with Gasteiger partial charge in [-0.15, -0.1) is 0 Å². The second kappa shape index (κ2) is 3.66. The number of hydrogen-bond acceptors (Lipinski definition) is 2. The summed E-state index contributed by atoms with van der Waals surface area (Å²) in [5, 5.41) is -0.397. The van der Waals surface area contributed by atoms with Gasteiger partial charge in [0.2, 0.25) is 0 Å². The summed E-state index contributed by atoms with van der Waals surface area (Å²) in [4.78, 5) is 14.0. The number of nitrogens with two attached hydrogens (primary N) is 1. The minimum absolute atomic E-state index is 0.130. The third-order valence-corrected chi connectivity index (χ3v) is 1.67. The molecule has 1 heterocycles. The Bertz CT molecular complexity index is 343. The van der Waals surface area contributed by atoms with E-state index in [9.17, 15) is 13.6 Å². The fourth-order valence-corrected chi connectivity index (χ4v) is 0.982. The minimum Gasteiger partial charge on any atom is -0.364 e. The van der Waals surface area contributed by atoms with Gasteiger partial charge in [-0.1, -0.05) is 11.6 Å². The highest BCUT2D eigenvalue weighted by molar-refractivity contribution is 6.30. The molecule has 0 bridgehead atoms. The van der Waals surface area contributed by atoms with E-state index in [-0.39, 0.29) is 5.69 Å². The number of carbonyl (C=O) groups excluding carboxylic acids is 1. The number of aromatic nitrogens is 1. The van der Waals surface area contributed by atoms with E-state index in [1.54, 1.807) is 0 Å². The molecule has 0 spiro atoms. The van der Waals surface area contributed by atoms with Gasteiger partial charge >= 0.3 is 0 Å². The van der Waals surface area contributed by atoms with Crippen molar-refractivity contribution in [3.8, 4) is 0 Å². The molecule has 3 nitrogen and oxygen atoms in total. The first-order valence-corrected chi connectivity index (χ1v) is 3.64. The van der Waals surface area contributed by atoms with Gasteiger partial charge in [0, 0.05) is 0 Å². The van der Waals surface area contributed by atoms with Gasteiger partial charge < -0.3 is 5.73 Å². The van der Waals surface area contributed by atoms with Gasteiger partial charge in [0.15, 0.2) is 0 Å². The molecule has 0 saturated heterocycles. The van der Waals surface area contributed by atoms with Gasteiger partial charge in [-0.05, 0) is 12.1 Å². The number of nitrogens with zero attached hydrogens (tertiary/aromatic N) is 1. The first kappa shape index (κ1) is 9.85. The molecule has 0 saturated carbocycles. The third kappa shape index (κ3) is 2.12. The van der Waals surface area contributed by atoms with Crippen molar-refractivity contribution in [3.63, 3.8) is 0 Å². The van der Waals surface area contributed by atoms with Gasteiger partial charge in [0.05, 0.1) is 5.56 Å². The Morgan fingerprint density at radius 2 is 2.15 bits per heavy atom. The van der Waals surface area contributed by atoms with Crippen molar-refractivity contribution in [2.45, 2.75) is 6.43 Å². The largest absolute Gasteiger partial charge is 0.364 e. The topological polar surface area (TPSA) is 56.0 Å². The molecule has 0 aromatic carbocycles. The van der Waals surface area contributed by atoms with Crippen LogP contribution in [0.2, 0.25) is 5.15 Å². The summed E-state index contributed by atoms with van der Waals surface area (Å²) in [7, 11) is 0. The third-order valence-electron chi connectivity index (χ3n) is 1.37. The number of amides is 1. The van der Waals surface area contributed by atoms with Crippen LogP contribution in [0, 0.1) is 0 Å². The Morgan fingerprint density at radius 1 is 1.54 bits per heavy atom. The zero-order valence-electron chi connectivity index (χ0n) is 6.30. The molecular weight excluding hydrogens is 202 g/mol. The number of alkyl halides is 2. The van der Waals surface area contributed by atoms with Gasteiger partial charge in [-0.3, -0.25) is 4.79 Å². The van der Waals surface area contributed by atoms with Crippen LogP contribution in [0.3, 0.4) is 0 Å². The maximum Gasteiger partial charge on any atom is 0.267 e. The van der Waals surface area contributed by atoms with Crippen molar-refractivity contribution in [1.29, 1.82) is 0 Å². The molecule has 13 heavy (non-hydrogen) atoms. The molecule has 0 unspecified atom stereocenters. The lowest BCUT2D eigenvalue weighted by Crippen LogP contribution is -2.13. The normalized spacial score (nSPS) is 10.5. The molecule has 6 heteroatoms. The zero-order valence-corrected chi connectivity index (χ0v) is 7.05. The van der Waals surface area contributed by atoms with Gasteiger partial charge in [0.25, 0.3) is 12.3 Å². The molecule has 0 radical (unpaired) electrons. The van der Waals surface area contributed by atoms with Crippen LogP contribution in [0.5, 0.6) is 0 Å². The Balaban J connectivity index is 3.13. The Labute approximate surface area is 77.5 Å². The van der Waals surface area contributed by atoms with Crippen LogP contribution in [-0.4, -0.2) is 10.9 Å². The number of rotatable bonds is 2. The van der Waals surface area contributed by atoms with Crippen molar-refractivity contribution in [2.24, 2.45) is 5.73 Å². The van der Waals surface area contributed by atoms with E-state index in [0.29, 0.717) is 0 Å². The van der Waals surface area contributed by atoms with Crippen molar-refractivity contribution < 1.29 is 13.6 Å². The maximum atomic E-state index is 12.1. The van der Waals surface area contributed by atoms with Crippen LogP contribution in [-0.2, 0) is 0 Å². The quantitative estimate of drug-likeness (QED) is 0.750. The maximum absolute atomic E-state index is 12.1. The minimum atomic E-state index is -2.71. The van der Waals surface area contributed by atoms with Gasteiger partial charge in [-0.25, -0.2) is 13.8 Å². The molecule has 0 aliphatic carbocycles. The van der Waals surface area contributed by atoms with Gasteiger partial charge in [0.1, 0.15) is 10.8 Å². The smallest absolute Gasteiger partial charge is 0.267 e. The second-order valence-corrected chi connectivity index (χ2v) is 2.60. The molecule has 70 valence electrons. The lowest BCUT2D eigenvalue weighted by molar-refractivity contribution is 0.0994. The SMILES string of the molecule is NC(=O)c1ccc(C(F)F)c(Cl)n1. The molecule has 0 atom stereocenters. The van der Waals surface area contributed by atoms with Crippen molar-refractivity contribution in [2.75, 3.05) is 0 Å². The van der Waals surface area contributed by atoms with E-state index < -0.39 is 23.0 Å². The molecule has 0 aliphatic rings. The van der Waals surface area contributed by atoms with Gasteiger partial charge in [-0.2, -0.15) is 0 Å². The van der Waals surface area contributed by atoms with Crippen LogP contribution < -0.4 is 5.73 Å². The lowest BCUT2D eigenvalue weighted by Gasteiger charge is -2.02. The predicted octanol–water partition coefficient (Wildman–Crippen LogP) is 1.77. The second-order valence-electron chi connectivity index (χ2n) is 2.24. The number of carbonyl (C=O) groups is 1. The fourth-order valence-electron chi connectivity index (χ4n) is 0.745. The van der Waals surface area contributed by atoms with E-state index in [4.69, 9.17) is 17.3 Å². The average molecular weight is 207 g/mol. The van der Waals surface area contributed by atoms with E-state index in [1.807, 2.05) is 0 Å². The van der Waals surface area contributed by atoms with Crippen LogP contribution in [0.4, 0.5) is 8.78 Å². The Kier molecular flexibility index (Phi) is 2.77. The van der Waals surface area contributed by atoms with E-state index in [2.05, 4.69) is 4.98 Å². The van der Waals surface area contributed by atoms with E-state index in [1.165, 1.54) is 0 Å². The summed E-state index contributed by atoms with van der Waals surface area (Å²) in [5.41, 5.74) is 4.32. The first-order chi connectivity index (χ1) is 6.02. The highest BCUT2D eigenvalue weighted by Crippen LogP contribution is 2.25. The molecule has 1 aromatic heterocycles. The molecule has 1 aromatic rings. The molecule has 2 N–H and O–H groups in total. The highest BCUT2D eigenvalue weighted by atomic mass is 35.5. The Hall–Kier alpha value is -1.23. The van der Waals surface area contributed by atoms with Crippen molar-refractivity contribution >= 4 is 17.5 Å². The van der Waals surface area contributed by atoms with Crippen molar-refractivity contribution in [3.05, 3.63) is 28.5 Å². The molecule has 1 rings (SSSR count). The van der Waals surface area contributed by atoms with E-state index in [0.717, 1.165) is 12.1 Å². The summed E-state index contributed by atoms with van der Waals surface area (Å²) in [6, 6.07) is 2.13. The standard InChI is InChI=1S/C7H5ClF2N2O/c8-5-3(6(9)10)1-2-4(12-5)7(11)13/h1-2,6H,(H2,11,13).